The summed E-state index contributed by atoms with van der Waals surface area (Å²) in [6.45, 7) is 0. The summed E-state index contributed by atoms with van der Waals surface area (Å²) in [5.74, 6) is 0. The van der Waals surface area contributed by atoms with E-state index in [2.05, 4.69) is 164 Å². The molecule has 10 aromatic rings. The van der Waals surface area contributed by atoms with Crippen LogP contribution >= 0.6 is 11.3 Å². The second-order valence-corrected chi connectivity index (χ2v) is 14.9. The van der Waals surface area contributed by atoms with Gasteiger partial charge in [0.1, 0.15) is 11.2 Å². The molecule has 11 rings (SSSR count). The Hall–Kier alpha value is -6.22. The van der Waals surface area contributed by atoms with Crippen molar-refractivity contribution in [2.45, 2.75) is 12.8 Å². The molecule has 0 unspecified atom stereocenters. The SMILES string of the molecule is C1=C(c2c3ccccc3c(-c3cccc(-c4cccc5c4sc4ccccc45)c3)c3ccccc23)CCC=C1c1cccc2c1oc1ccccc12. The smallest absolute Gasteiger partial charge is 0.143 e. The molecule has 0 fully saturated rings. The number of fused-ring (bicyclic) bond motifs is 8. The highest BCUT2D eigenvalue weighted by molar-refractivity contribution is 7.26. The third kappa shape index (κ3) is 4.48. The second kappa shape index (κ2) is 11.7. The zero-order valence-electron chi connectivity index (χ0n) is 28.4. The number of thiophene rings is 1. The standard InChI is InChI=1S/C50H32OS/c1-3-21-41-39(19-1)47(33-15-9-13-31(29-33)35-23-11-25-43-37-17-5-7-27-45(37)51-49(35)43)40-20-2-4-22-42(40)48(41)34-16-10-14-32(30-34)36-24-12-26-44-38-18-6-8-28-46(38)52-50(36)44/h1-8,10-14,16-30H,9,15H2. The van der Waals surface area contributed by atoms with E-state index in [1.165, 1.54) is 86.1 Å². The molecule has 0 saturated heterocycles. The van der Waals surface area contributed by atoms with E-state index in [0.29, 0.717) is 0 Å². The Bertz CT molecular complexity index is 3070. The Kier molecular flexibility index (Phi) is 6.62. The van der Waals surface area contributed by atoms with Crippen molar-refractivity contribution in [2.75, 3.05) is 0 Å². The van der Waals surface area contributed by atoms with Crippen molar-refractivity contribution in [1.82, 2.24) is 0 Å². The first-order chi connectivity index (χ1) is 25.8. The van der Waals surface area contributed by atoms with Crippen molar-refractivity contribution < 1.29 is 4.42 Å². The lowest BCUT2D eigenvalue weighted by molar-refractivity contribution is 0.667. The molecule has 2 heteroatoms. The van der Waals surface area contributed by atoms with Crippen molar-refractivity contribution in [3.63, 3.8) is 0 Å². The van der Waals surface area contributed by atoms with Crippen LogP contribution < -0.4 is 0 Å². The summed E-state index contributed by atoms with van der Waals surface area (Å²) < 4.78 is 9.17. The van der Waals surface area contributed by atoms with Crippen molar-refractivity contribution >= 4 is 86.1 Å². The molecule has 0 radical (unpaired) electrons. The summed E-state index contributed by atoms with van der Waals surface area (Å²) in [7, 11) is 0. The van der Waals surface area contributed by atoms with Crippen LogP contribution in [0.4, 0.5) is 0 Å². The lowest BCUT2D eigenvalue weighted by Gasteiger charge is -2.21. The summed E-state index contributed by atoms with van der Waals surface area (Å²) in [6.07, 6.45) is 6.77. The fourth-order valence-electron chi connectivity index (χ4n) is 8.66. The minimum Gasteiger partial charge on any atom is -0.455 e. The van der Waals surface area contributed by atoms with Crippen LogP contribution in [-0.4, -0.2) is 0 Å². The summed E-state index contributed by atoms with van der Waals surface area (Å²) in [4.78, 5) is 0. The number of para-hydroxylation sites is 2. The normalized spacial score (nSPS) is 13.5. The predicted octanol–water partition coefficient (Wildman–Crippen LogP) is 14.9. The quantitative estimate of drug-likeness (QED) is 0.169. The average Bonchev–Trinajstić information content (AvgIpc) is 3.79. The van der Waals surface area contributed by atoms with Crippen LogP contribution in [0.2, 0.25) is 0 Å². The second-order valence-electron chi connectivity index (χ2n) is 13.9. The maximum atomic E-state index is 6.49. The molecule has 1 nitrogen and oxygen atoms in total. The van der Waals surface area contributed by atoms with Gasteiger partial charge in [-0.25, -0.2) is 0 Å². The van der Waals surface area contributed by atoms with E-state index in [1.807, 2.05) is 17.4 Å². The van der Waals surface area contributed by atoms with Gasteiger partial charge >= 0.3 is 0 Å². The van der Waals surface area contributed by atoms with Gasteiger partial charge < -0.3 is 4.42 Å². The number of benzene rings is 8. The largest absolute Gasteiger partial charge is 0.455 e. The van der Waals surface area contributed by atoms with E-state index in [-0.39, 0.29) is 0 Å². The first-order valence-electron chi connectivity index (χ1n) is 18.1. The summed E-state index contributed by atoms with van der Waals surface area (Å²) in [6, 6.07) is 57.6. The van der Waals surface area contributed by atoms with Crippen LogP contribution in [-0.2, 0) is 0 Å². The van der Waals surface area contributed by atoms with Crippen LogP contribution in [0.5, 0.6) is 0 Å². The average molecular weight is 681 g/mol. The zero-order valence-corrected chi connectivity index (χ0v) is 29.2. The van der Waals surface area contributed by atoms with E-state index in [4.69, 9.17) is 4.42 Å². The minimum atomic E-state index is 0.933. The van der Waals surface area contributed by atoms with Crippen molar-refractivity contribution in [3.05, 3.63) is 181 Å². The maximum absolute atomic E-state index is 6.49. The molecule has 52 heavy (non-hydrogen) atoms. The first kappa shape index (κ1) is 29.5. The monoisotopic (exact) mass is 680 g/mol. The number of furan rings is 1. The van der Waals surface area contributed by atoms with Crippen LogP contribution in [0.3, 0.4) is 0 Å². The molecule has 244 valence electrons. The Morgan fingerprint density at radius 2 is 1.06 bits per heavy atom. The highest BCUT2D eigenvalue weighted by atomic mass is 32.1. The Labute approximate surface area is 305 Å². The lowest BCUT2D eigenvalue weighted by Crippen LogP contribution is -1.97. The number of hydrogen-bond acceptors (Lipinski definition) is 2. The van der Waals surface area contributed by atoms with E-state index < -0.39 is 0 Å². The lowest BCUT2D eigenvalue weighted by atomic mass is 9.82. The number of hydrogen-bond donors (Lipinski definition) is 0. The van der Waals surface area contributed by atoms with E-state index in [1.54, 1.807) is 0 Å². The van der Waals surface area contributed by atoms with Gasteiger partial charge in [-0.05, 0) is 91.5 Å². The highest BCUT2D eigenvalue weighted by Crippen LogP contribution is 2.46. The van der Waals surface area contributed by atoms with Crippen LogP contribution in [0.25, 0.3) is 97.1 Å². The third-order valence-corrected chi connectivity index (χ3v) is 12.2. The molecular weight excluding hydrogens is 649 g/mol. The number of allylic oxidation sites excluding steroid dienone is 4. The van der Waals surface area contributed by atoms with Gasteiger partial charge in [-0.1, -0.05) is 152 Å². The summed E-state index contributed by atoms with van der Waals surface area (Å²) >= 11 is 1.89. The Morgan fingerprint density at radius 3 is 1.85 bits per heavy atom. The fraction of sp³-hybridized carbons (Fsp3) is 0.0400. The molecular formula is C50H32OS. The third-order valence-electron chi connectivity index (χ3n) is 10.9. The Morgan fingerprint density at radius 1 is 0.462 bits per heavy atom. The fourth-order valence-corrected chi connectivity index (χ4v) is 9.90. The molecule has 0 atom stereocenters. The van der Waals surface area contributed by atoms with Crippen molar-refractivity contribution in [3.8, 4) is 22.3 Å². The van der Waals surface area contributed by atoms with Crippen molar-refractivity contribution in [1.29, 1.82) is 0 Å². The molecule has 8 aromatic carbocycles. The predicted molar refractivity (Wildman–Crippen MR) is 224 cm³/mol. The van der Waals surface area contributed by atoms with Gasteiger partial charge in [-0.15, -0.1) is 11.3 Å². The topological polar surface area (TPSA) is 13.1 Å². The minimum absolute atomic E-state index is 0.933. The molecule has 0 bridgehead atoms. The van der Waals surface area contributed by atoms with Gasteiger partial charge in [0.2, 0.25) is 0 Å². The van der Waals surface area contributed by atoms with Crippen molar-refractivity contribution in [2.24, 2.45) is 0 Å². The molecule has 0 aliphatic heterocycles. The van der Waals surface area contributed by atoms with E-state index >= 15 is 0 Å². The summed E-state index contributed by atoms with van der Waals surface area (Å²) in [5, 5.41) is 10.1. The molecule has 2 aromatic heterocycles. The molecule has 0 N–H and O–H groups in total. The van der Waals surface area contributed by atoms with Gasteiger partial charge in [0.05, 0.1) is 0 Å². The molecule has 1 aliphatic carbocycles. The molecule has 0 spiro atoms. The van der Waals surface area contributed by atoms with Gasteiger partial charge in [-0.2, -0.15) is 0 Å². The number of rotatable bonds is 4. The Balaban J connectivity index is 1.10. The maximum Gasteiger partial charge on any atom is 0.143 e. The van der Waals surface area contributed by atoms with Crippen LogP contribution in [0, 0.1) is 0 Å². The van der Waals surface area contributed by atoms with Gasteiger partial charge in [0.15, 0.2) is 0 Å². The van der Waals surface area contributed by atoms with Gasteiger partial charge in [-0.3, -0.25) is 0 Å². The van der Waals surface area contributed by atoms with Gasteiger partial charge in [0, 0.05) is 36.5 Å². The van der Waals surface area contributed by atoms with E-state index in [0.717, 1.165) is 35.0 Å². The molecule has 1 aliphatic rings. The molecule has 0 amide bonds. The van der Waals surface area contributed by atoms with Gasteiger partial charge in [0.25, 0.3) is 0 Å². The van der Waals surface area contributed by atoms with Crippen LogP contribution in [0.15, 0.2) is 174 Å². The molecule has 2 heterocycles. The first-order valence-corrected chi connectivity index (χ1v) is 18.9. The van der Waals surface area contributed by atoms with Crippen LogP contribution in [0.1, 0.15) is 24.0 Å². The molecule has 0 saturated carbocycles. The summed E-state index contributed by atoms with van der Waals surface area (Å²) in [5.41, 5.74) is 12.1. The zero-order chi connectivity index (χ0) is 34.2. The highest BCUT2D eigenvalue weighted by Gasteiger charge is 2.21. The van der Waals surface area contributed by atoms with E-state index in [9.17, 15) is 0 Å².